The van der Waals surface area contributed by atoms with Gasteiger partial charge < -0.3 is 10.2 Å². The van der Waals surface area contributed by atoms with E-state index in [9.17, 15) is 18.0 Å². The number of anilines is 1. The highest BCUT2D eigenvalue weighted by molar-refractivity contribution is 5.89. The predicted molar refractivity (Wildman–Crippen MR) is 77.3 cm³/mol. The second kappa shape index (κ2) is 6.31. The van der Waals surface area contributed by atoms with E-state index in [0.717, 1.165) is 25.0 Å². The van der Waals surface area contributed by atoms with Crippen LogP contribution in [0.25, 0.3) is 0 Å². The first-order chi connectivity index (χ1) is 11.1. The first kappa shape index (κ1) is 15.4. The van der Waals surface area contributed by atoms with Crippen LogP contribution in [0.1, 0.15) is 12.8 Å². The normalized spacial score (nSPS) is 17.5. The number of carbonyl (C=O) groups excluding carboxylic acids is 1. The molecule has 1 fully saturated rings. The lowest BCUT2D eigenvalue weighted by atomic mass is 10.2. The molecule has 2 heterocycles. The molecule has 5 nitrogen and oxygen atoms in total. The number of likely N-dealkylation sites (tertiary alicyclic amines) is 1. The zero-order valence-corrected chi connectivity index (χ0v) is 12.2. The molecular weight excluding hydrogens is 309 g/mol. The molecule has 1 aromatic heterocycles. The molecular formula is C15H15F3N4O. The van der Waals surface area contributed by atoms with E-state index in [1.54, 1.807) is 28.0 Å². The minimum absolute atomic E-state index is 0.0803. The van der Waals surface area contributed by atoms with Crippen LogP contribution < -0.4 is 5.32 Å². The van der Waals surface area contributed by atoms with Crippen LogP contribution in [0.5, 0.6) is 0 Å². The molecule has 1 aromatic carbocycles. The number of carbonyl (C=O) groups is 1. The number of nitrogens with zero attached hydrogens (tertiary/aromatic N) is 3. The zero-order valence-electron chi connectivity index (χ0n) is 12.2. The Morgan fingerprint density at radius 1 is 1.30 bits per heavy atom. The molecule has 0 aliphatic carbocycles. The lowest BCUT2D eigenvalue weighted by Crippen LogP contribution is -2.41. The van der Waals surface area contributed by atoms with Crippen LogP contribution in [0.3, 0.4) is 0 Å². The molecule has 0 bridgehead atoms. The van der Waals surface area contributed by atoms with E-state index in [0.29, 0.717) is 13.1 Å². The number of amides is 2. The van der Waals surface area contributed by atoms with Gasteiger partial charge in [-0.05, 0) is 31.0 Å². The van der Waals surface area contributed by atoms with Crippen LogP contribution in [-0.4, -0.2) is 33.3 Å². The summed E-state index contributed by atoms with van der Waals surface area (Å²) in [6.07, 6.45) is 5.06. The van der Waals surface area contributed by atoms with Crippen LogP contribution in [0, 0.1) is 17.5 Å². The molecule has 2 aromatic rings. The molecule has 1 aliphatic heterocycles. The summed E-state index contributed by atoms with van der Waals surface area (Å²) < 4.78 is 41.5. The molecule has 8 heteroatoms. The van der Waals surface area contributed by atoms with Crippen molar-refractivity contribution in [3.8, 4) is 0 Å². The number of urea groups is 1. The Morgan fingerprint density at radius 2 is 2.13 bits per heavy atom. The number of hydrogen-bond donors (Lipinski definition) is 1. The van der Waals surface area contributed by atoms with E-state index < -0.39 is 23.5 Å². The second-order valence-corrected chi connectivity index (χ2v) is 5.37. The molecule has 0 spiro atoms. The van der Waals surface area contributed by atoms with E-state index in [1.807, 2.05) is 0 Å². The van der Waals surface area contributed by atoms with Crippen LogP contribution in [0.15, 0.2) is 30.6 Å². The minimum atomic E-state index is -1.60. The molecule has 1 unspecified atom stereocenters. The molecule has 3 rings (SSSR count). The fourth-order valence-electron chi connectivity index (χ4n) is 2.73. The summed E-state index contributed by atoms with van der Waals surface area (Å²) in [5.41, 5.74) is -0.376. The van der Waals surface area contributed by atoms with Crippen molar-refractivity contribution in [1.29, 1.82) is 0 Å². The highest BCUT2D eigenvalue weighted by atomic mass is 19.2. The summed E-state index contributed by atoms with van der Waals surface area (Å²) in [5, 5.41) is 6.41. The largest absolute Gasteiger partial charge is 0.322 e. The number of rotatable bonds is 3. The van der Waals surface area contributed by atoms with Gasteiger partial charge in [0.05, 0.1) is 18.3 Å². The average Bonchev–Trinajstić information content (AvgIpc) is 3.20. The highest BCUT2D eigenvalue weighted by Gasteiger charge is 2.30. The van der Waals surface area contributed by atoms with Crippen molar-refractivity contribution in [3.05, 3.63) is 48.0 Å². The Kier molecular flexibility index (Phi) is 4.22. The average molecular weight is 324 g/mol. The summed E-state index contributed by atoms with van der Waals surface area (Å²) >= 11 is 0. The van der Waals surface area contributed by atoms with Crippen molar-refractivity contribution in [2.45, 2.75) is 25.4 Å². The molecule has 0 radical (unpaired) electrons. The quantitative estimate of drug-likeness (QED) is 0.883. The minimum Gasteiger partial charge on any atom is -0.320 e. The van der Waals surface area contributed by atoms with E-state index in [4.69, 9.17) is 0 Å². The fourth-order valence-corrected chi connectivity index (χ4v) is 2.73. The highest BCUT2D eigenvalue weighted by Crippen LogP contribution is 2.23. The summed E-state index contributed by atoms with van der Waals surface area (Å²) in [5.74, 6) is -4.29. The molecule has 1 aliphatic rings. The second-order valence-electron chi connectivity index (χ2n) is 5.37. The van der Waals surface area contributed by atoms with Gasteiger partial charge in [0.1, 0.15) is 0 Å². The van der Waals surface area contributed by atoms with Crippen molar-refractivity contribution in [2.24, 2.45) is 0 Å². The first-order valence-electron chi connectivity index (χ1n) is 7.25. The van der Waals surface area contributed by atoms with Crippen molar-refractivity contribution in [1.82, 2.24) is 14.7 Å². The van der Waals surface area contributed by atoms with Gasteiger partial charge in [0.15, 0.2) is 17.5 Å². The predicted octanol–water partition coefficient (Wildman–Crippen LogP) is 3.00. The topological polar surface area (TPSA) is 50.2 Å². The molecule has 1 saturated heterocycles. The van der Waals surface area contributed by atoms with Gasteiger partial charge in [-0.3, -0.25) is 4.68 Å². The summed E-state index contributed by atoms with van der Waals surface area (Å²) in [6.45, 7) is 1.05. The third-order valence-electron chi connectivity index (χ3n) is 3.87. The molecule has 2 amide bonds. The Balaban J connectivity index is 1.71. The number of aromatic nitrogens is 2. The van der Waals surface area contributed by atoms with Gasteiger partial charge in [-0.2, -0.15) is 5.10 Å². The Labute approximate surface area is 130 Å². The van der Waals surface area contributed by atoms with E-state index in [2.05, 4.69) is 10.4 Å². The van der Waals surface area contributed by atoms with Gasteiger partial charge in [0, 0.05) is 18.9 Å². The number of nitrogens with one attached hydrogen (secondary N) is 1. The molecule has 23 heavy (non-hydrogen) atoms. The van der Waals surface area contributed by atoms with Gasteiger partial charge in [-0.1, -0.05) is 0 Å². The lowest BCUT2D eigenvalue weighted by molar-refractivity contribution is 0.199. The molecule has 0 saturated carbocycles. The standard InChI is InChI=1S/C15H15F3N4O/c16-11-4-5-12(14(18)13(11)17)20-15(23)22-8-1-3-10(22)9-21-7-2-6-19-21/h2,4-7,10H,1,3,8-9H2,(H,20,23). The third-order valence-corrected chi connectivity index (χ3v) is 3.87. The molecule has 1 N–H and O–H groups in total. The Hall–Kier alpha value is -2.51. The van der Waals surface area contributed by atoms with Crippen molar-refractivity contribution in [3.63, 3.8) is 0 Å². The van der Waals surface area contributed by atoms with Crippen molar-refractivity contribution >= 4 is 11.7 Å². The number of benzene rings is 1. The Bertz CT molecular complexity index is 705. The van der Waals surface area contributed by atoms with Gasteiger partial charge in [0.2, 0.25) is 0 Å². The van der Waals surface area contributed by atoms with E-state index in [1.165, 1.54) is 0 Å². The van der Waals surface area contributed by atoms with Gasteiger partial charge >= 0.3 is 6.03 Å². The fraction of sp³-hybridized carbons (Fsp3) is 0.333. The van der Waals surface area contributed by atoms with Crippen LogP contribution >= 0.6 is 0 Å². The van der Waals surface area contributed by atoms with Gasteiger partial charge in [-0.25, -0.2) is 18.0 Å². The maximum absolute atomic E-state index is 13.6. The van der Waals surface area contributed by atoms with Crippen LogP contribution in [-0.2, 0) is 6.54 Å². The smallest absolute Gasteiger partial charge is 0.320 e. The maximum atomic E-state index is 13.6. The monoisotopic (exact) mass is 324 g/mol. The summed E-state index contributed by atoms with van der Waals surface area (Å²) in [7, 11) is 0. The molecule has 122 valence electrons. The van der Waals surface area contributed by atoms with Crippen LogP contribution in [0.2, 0.25) is 0 Å². The zero-order chi connectivity index (χ0) is 16.4. The summed E-state index contributed by atoms with van der Waals surface area (Å²) in [6, 6.07) is 2.95. The SMILES string of the molecule is O=C(Nc1ccc(F)c(F)c1F)N1CCCC1Cn1cccn1. The summed E-state index contributed by atoms with van der Waals surface area (Å²) in [4.78, 5) is 13.9. The van der Waals surface area contributed by atoms with E-state index in [-0.39, 0.29) is 11.7 Å². The lowest BCUT2D eigenvalue weighted by Gasteiger charge is -2.25. The van der Waals surface area contributed by atoms with Crippen molar-refractivity contribution in [2.75, 3.05) is 11.9 Å². The third kappa shape index (κ3) is 3.15. The first-order valence-corrected chi connectivity index (χ1v) is 7.25. The maximum Gasteiger partial charge on any atom is 0.322 e. The van der Waals surface area contributed by atoms with E-state index >= 15 is 0 Å². The van der Waals surface area contributed by atoms with Crippen LogP contribution in [0.4, 0.5) is 23.7 Å². The number of halogens is 3. The van der Waals surface area contributed by atoms with Gasteiger partial charge in [-0.15, -0.1) is 0 Å². The van der Waals surface area contributed by atoms with Crippen molar-refractivity contribution < 1.29 is 18.0 Å². The van der Waals surface area contributed by atoms with Gasteiger partial charge in [0.25, 0.3) is 0 Å². The Morgan fingerprint density at radius 3 is 2.87 bits per heavy atom. The number of hydrogen-bond acceptors (Lipinski definition) is 2. The molecule has 1 atom stereocenters.